The first-order valence-electron chi connectivity index (χ1n) is 7.55. The summed E-state index contributed by atoms with van der Waals surface area (Å²) in [4.78, 5) is 12.1. The zero-order chi connectivity index (χ0) is 17.1. The van der Waals surface area contributed by atoms with E-state index >= 15 is 0 Å². The number of benzene rings is 1. The van der Waals surface area contributed by atoms with E-state index in [1.165, 1.54) is 10.2 Å². The number of ether oxygens (including phenoxy) is 1. The van der Waals surface area contributed by atoms with Crippen molar-refractivity contribution in [3.05, 3.63) is 59.7 Å². The minimum atomic E-state index is -0.232. The number of nitrogens with one attached hydrogen (secondary N) is 1. The molecule has 24 heavy (non-hydrogen) atoms. The highest BCUT2D eigenvalue weighted by atomic mass is 16.5. The van der Waals surface area contributed by atoms with E-state index in [2.05, 4.69) is 21.6 Å². The highest BCUT2D eigenvalue weighted by molar-refractivity contribution is 6.02. The summed E-state index contributed by atoms with van der Waals surface area (Å²) in [5.74, 6) is 0.585. The summed E-state index contributed by atoms with van der Waals surface area (Å²) in [7, 11) is 1.72. The van der Waals surface area contributed by atoms with Crippen molar-refractivity contribution in [1.82, 2.24) is 19.6 Å². The molecule has 0 aliphatic heterocycles. The van der Waals surface area contributed by atoms with Gasteiger partial charge in [0.05, 0.1) is 18.1 Å². The number of aryl methyl sites for hydroxylation is 3. The maximum absolute atomic E-state index is 12.1. The van der Waals surface area contributed by atoms with Crippen molar-refractivity contribution in [3.63, 3.8) is 0 Å². The van der Waals surface area contributed by atoms with E-state index < -0.39 is 0 Å². The first-order valence-corrected chi connectivity index (χ1v) is 7.55. The summed E-state index contributed by atoms with van der Waals surface area (Å²) >= 11 is 0. The van der Waals surface area contributed by atoms with E-state index in [1.54, 1.807) is 36.4 Å². The molecule has 0 bridgehead atoms. The monoisotopic (exact) mass is 325 g/mol. The number of amides is 1. The van der Waals surface area contributed by atoms with Gasteiger partial charge in [-0.25, -0.2) is 4.68 Å². The third-order valence-corrected chi connectivity index (χ3v) is 3.63. The second-order valence-electron chi connectivity index (χ2n) is 5.61. The molecule has 124 valence electrons. The SMILES string of the molecule is Cc1ccc(OCn2cc(NC(=O)c3ccnn3C)cn2)c(C)c1. The largest absolute Gasteiger partial charge is 0.471 e. The Morgan fingerprint density at radius 1 is 1.25 bits per heavy atom. The molecule has 3 rings (SSSR count). The minimum Gasteiger partial charge on any atom is -0.471 e. The summed E-state index contributed by atoms with van der Waals surface area (Å²) in [6.45, 7) is 4.32. The van der Waals surface area contributed by atoms with Crippen LogP contribution < -0.4 is 10.1 Å². The highest BCUT2D eigenvalue weighted by Crippen LogP contribution is 2.19. The number of hydrogen-bond acceptors (Lipinski definition) is 4. The molecule has 0 spiro atoms. The van der Waals surface area contributed by atoms with Gasteiger partial charge in [0.25, 0.3) is 5.91 Å². The molecular weight excluding hydrogens is 306 g/mol. The highest BCUT2D eigenvalue weighted by Gasteiger charge is 2.11. The summed E-state index contributed by atoms with van der Waals surface area (Å²) in [6, 6.07) is 7.67. The van der Waals surface area contributed by atoms with Gasteiger partial charge < -0.3 is 10.1 Å². The number of nitrogens with zero attached hydrogens (tertiary/aromatic N) is 4. The van der Waals surface area contributed by atoms with Gasteiger partial charge in [-0.15, -0.1) is 0 Å². The fraction of sp³-hybridized carbons (Fsp3) is 0.235. The molecule has 0 unspecified atom stereocenters. The number of hydrogen-bond donors (Lipinski definition) is 1. The zero-order valence-electron chi connectivity index (χ0n) is 13.9. The van der Waals surface area contributed by atoms with Crippen molar-refractivity contribution in [1.29, 1.82) is 0 Å². The van der Waals surface area contributed by atoms with Crippen molar-refractivity contribution in [2.24, 2.45) is 7.05 Å². The average molecular weight is 325 g/mol. The topological polar surface area (TPSA) is 74.0 Å². The van der Waals surface area contributed by atoms with E-state index in [0.717, 1.165) is 11.3 Å². The lowest BCUT2D eigenvalue weighted by Gasteiger charge is -2.09. The molecule has 3 aromatic rings. The standard InChI is InChI=1S/C17H19N5O2/c1-12-4-5-16(13(2)8-12)24-11-22-10-14(9-19-22)20-17(23)15-6-7-18-21(15)3/h4-10H,11H2,1-3H3,(H,20,23). The number of anilines is 1. The second kappa shape index (κ2) is 6.57. The van der Waals surface area contributed by atoms with Gasteiger partial charge in [-0.2, -0.15) is 10.2 Å². The van der Waals surface area contributed by atoms with Crippen LogP contribution >= 0.6 is 0 Å². The van der Waals surface area contributed by atoms with Crippen LogP contribution in [-0.2, 0) is 13.8 Å². The van der Waals surface area contributed by atoms with Crippen LogP contribution in [0.3, 0.4) is 0 Å². The summed E-state index contributed by atoms with van der Waals surface area (Å²) in [5, 5.41) is 11.0. The Morgan fingerprint density at radius 3 is 2.79 bits per heavy atom. The first-order chi connectivity index (χ1) is 11.5. The van der Waals surface area contributed by atoms with Gasteiger partial charge in [0.1, 0.15) is 11.4 Å². The Labute approximate surface area is 139 Å². The molecule has 0 aliphatic rings. The Balaban J connectivity index is 1.61. The molecule has 1 aromatic carbocycles. The lowest BCUT2D eigenvalue weighted by Crippen LogP contribution is -2.15. The number of rotatable bonds is 5. The number of aromatic nitrogens is 4. The van der Waals surface area contributed by atoms with Crippen LogP contribution in [0.5, 0.6) is 5.75 Å². The van der Waals surface area contributed by atoms with E-state index in [0.29, 0.717) is 11.4 Å². The maximum Gasteiger partial charge on any atom is 0.274 e. The average Bonchev–Trinajstić information content (AvgIpc) is 3.15. The smallest absolute Gasteiger partial charge is 0.274 e. The fourth-order valence-corrected chi connectivity index (χ4v) is 2.39. The molecular formula is C17H19N5O2. The quantitative estimate of drug-likeness (QED) is 0.782. The molecule has 7 nitrogen and oxygen atoms in total. The zero-order valence-corrected chi connectivity index (χ0v) is 13.9. The van der Waals surface area contributed by atoms with E-state index in [9.17, 15) is 4.79 Å². The second-order valence-corrected chi connectivity index (χ2v) is 5.61. The Hall–Kier alpha value is -3.09. The molecule has 0 radical (unpaired) electrons. The molecule has 7 heteroatoms. The van der Waals surface area contributed by atoms with Crippen molar-refractivity contribution >= 4 is 11.6 Å². The van der Waals surface area contributed by atoms with Gasteiger partial charge >= 0.3 is 0 Å². The Bertz CT molecular complexity index is 866. The van der Waals surface area contributed by atoms with Gasteiger partial charge in [-0.3, -0.25) is 9.48 Å². The van der Waals surface area contributed by atoms with Crippen LogP contribution in [0, 0.1) is 13.8 Å². The molecule has 0 fully saturated rings. The third-order valence-electron chi connectivity index (χ3n) is 3.63. The lowest BCUT2D eigenvalue weighted by molar-refractivity contribution is 0.101. The van der Waals surface area contributed by atoms with Gasteiger partial charge in [0.15, 0.2) is 6.73 Å². The van der Waals surface area contributed by atoms with E-state index in [4.69, 9.17) is 4.74 Å². The van der Waals surface area contributed by atoms with Crippen molar-refractivity contribution in [2.75, 3.05) is 5.32 Å². The van der Waals surface area contributed by atoms with Crippen molar-refractivity contribution in [2.45, 2.75) is 20.6 Å². The van der Waals surface area contributed by atoms with E-state index in [-0.39, 0.29) is 12.6 Å². The summed E-state index contributed by atoms with van der Waals surface area (Å²) < 4.78 is 8.90. The van der Waals surface area contributed by atoms with Crippen LogP contribution in [0.4, 0.5) is 5.69 Å². The summed E-state index contributed by atoms with van der Waals surface area (Å²) in [5.41, 5.74) is 3.35. The maximum atomic E-state index is 12.1. The lowest BCUT2D eigenvalue weighted by atomic mass is 10.1. The minimum absolute atomic E-state index is 0.232. The van der Waals surface area contributed by atoms with Crippen LogP contribution in [0.1, 0.15) is 21.6 Å². The molecule has 2 heterocycles. The fourth-order valence-electron chi connectivity index (χ4n) is 2.39. The molecule has 0 saturated heterocycles. The normalized spacial score (nSPS) is 10.6. The Morgan fingerprint density at radius 2 is 2.08 bits per heavy atom. The molecule has 0 atom stereocenters. The molecule has 0 saturated carbocycles. The van der Waals surface area contributed by atoms with Crippen LogP contribution in [0.15, 0.2) is 42.9 Å². The molecule has 2 aromatic heterocycles. The molecule has 0 aliphatic carbocycles. The van der Waals surface area contributed by atoms with Crippen LogP contribution in [0.25, 0.3) is 0 Å². The third kappa shape index (κ3) is 3.45. The summed E-state index contributed by atoms with van der Waals surface area (Å²) in [6.07, 6.45) is 4.88. The van der Waals surface area contributed by atoms with Crippen LogP contribution in [-0.4, -0.2) is 25.5 Å². The van der Waals surface area contributed by atoms with Crippen molar-refractivity contribution < 1.29 is 9.53 Å². The van der Waals surface area contributed by atoms with Gasteiger partial charge in [-0.05, 0) is 31.5 Å². The van der Waals surface area contributed by atoms with Crippen LogP contribution in [0.2, 0.25) is 0 Å². The molecule has 1 N–H and O–H groups in total. The number of carbonyl (C=O) groups excluding carboxylic acids is 1. The predicted molar refractivity (Wildman–Crippen MR) is 89.9 cm³/mol. The predicted octanol–water partition coefficient (Wildman–Crippen LogP) is 2.52. The number of carbonyl (C=O) groups is 1. The van der Waals surface area contributed by atoms with Crippen molar-refractivity contribution in [3.8, 4) is 5.75 Å². The Kier molecular flexibility index (Phi) is 4.33. The molecule has 1 amide bonds. The van der Waals surface area contributed by atoms with Gasteiger partial charge in [0.2, 0.25) is 0 Å². The first kappa shape index (κ1) is 15.8. The van der Waals surface area contributed by atoms with Gasteiger partial charge in [-0.1, -0.05) is 17.7 Å². The van der Waals surface area contributed by atoms with Gasteiger partial charge in [0, 0.05) is 13.2 Å². The van der Waals surface area contributed by atoms with E-state index in [1.807, 2.05) is 26.0 Å².